The zero-order valence-corrected chi connectivity index (χ0v) is 12.0. The fourth-order valence-electron chi connectivity index (χ4n) is 1.81. The van der Waals surface area contributed by atoms with Crippen LogP contribution in [0.4, 0.5) is 0 Å². The molecular weight excluding hydrogens is 284 g/mol. The third-order valence-electron chi connectivity index (χ3n) is 2.81. The highest BCUT2D eigenvalue weighted by atomic mass is 32.2. The van der Waals surface area contributed by atoms with Crippen molar-refractivity contribution in [1.29, 1.82) is 0 Å². The summed E-state index contributed by atoms with van der Waals surface area (Å²) in [6.45, 7) is 2.06. The molecule has 1 fully saturated rings. The molecule has 0 aromatic heterocycles. The Hall–Kier alpha value is -1.41. The van der Waals surface area contributed by atoms with Crippen molar-refractivity contribution in [3.63, 3.8) is 0 Å². The standard InChI is InChI=1S/C12H18N2O5S/c1-7(15)20-6-8(5-10(13)16)11(17)19-12(18)9-3-2-4-14-9/h8-9,14H,2-6H2,1H3,(H2,13,16)/t8?,9-/m0/s1. The third-order valence-corrected chi connectivity index (χ3v) is 3.79. The van der Waals surface area contributed by atoms with Gasteiger partial charge in [0.05, 0.1) is 5.92 Å². The van der Waals surface area contributed by atoms with Gasteiger partial charge in [-0.05, 0) is 19.4 Å². The van der Waals surface area contributed by atoms with E-state index < -0.39 is 29.8 Å². The van der Waals surface area contributed by atoms with Crippen molar-refractivity contribution in [2.75, 3.05) is 12.3 Å². The molecule has 1 aliphatic rings. The van der Waals surface area contributed by atoms with Gasteiger partial charge in [-0.2, -0.15) is 0 Å². The van der Waals surface area contributed by atoms with Crippen LogP contribution in [0.15, 0.2) is 0 Å². The first kappa shape index (κ1) is 16.6. The van der Waals surface area contributed by atoms with E-state index in [9.17, 15) is 19.2 Å². The van der Waals surface area contributed by atoms with Crippen LogP contribution in [0.2, 0.25) is 0 Å². The second kappa shape index (κ2) is 8.01. The summed E-state index contributed by atoms with van der Waals surface area (Å²) < 4.78 is 4.76. The average molecular weight is 302 g/mol. The van der Waals surface area contributed by atoms with E-state index in [1.165, 1.54) is 6.92 Å². The van der Waals surface area contributed by atoms with E-state index in [-0.39, 0.29) is 17.3 Å². The molecule has 2 atom stereocenters. The smallest absolute Gasteiger partial charge is 0.330 e. The first-order chi connectivity index (χ1) is 9.40. The van der Waals surface area contributed by atoms with Gasteiger partial charge in [0.15, 0.2) is 5.12 Å². The van der Waals surface area contributed by atoms with Gasteiger partial charge >= 0.3 is 11.9 Å². The number of esters is 2. The van der Waals surface area contributed by atoms with Gasteiger partial charge < -0.3 is 15.8 Å². The third kappa shape index (κ3) is 5.70. The molecule has 20 heavy (non-hydrogen) atoms. The summed E-state index contributed by atoms with van der Waals surface area (Å²) in [6, 6.07) is -0.478. The fourth-order valence-corrected chi connectivity index (χ4v) is 2.50. The molecule has 8 heteroatoms. The Labute approximate surface area is 121 Å². The minimum atomic E-state index is -0.883. The van der Waals surface area contributed by atoms with E-state index in [2.05, 4.69) is 5.32 Å². The van der Waals surface area contributed by atoms with Crippen molar-refractivity contribution in [1.82, 2.24) is 5.32 Å². The highest BCUT2D eigenvalue weighted by Gasteiger charge is 2.30. The van der Waals surface area contributed by atoms with Gasteiger partial charge in [-0.1, -0.05) is 11.8 Å². The number of hydrogen-bond acceptors (Lipinski definition) is 7. The topological polar surface area (TPSA) is 116 Å². The lowest BCUT2D eigenvalue weighted by atomic mass is 10.1. The van der Waals surface area contributed by atoms with Crippen molar-refractivity contribution < 1.29 is 23.9 Å². The fraction of sp³-hybridized carbons (Fsp3) is 0.667. The van der Waals surface area contributed by atoms with Crippen LogP contribution in [0.5, 0.6) is 0 Å². The Bertz CT molecular complexity index is 407. The number of thioether (sulfide) groups is 1. The highest BCUT2D eigenvalue weighted by molar-refractivity contribution is 8.13. The summed E-state index contributed by atoms with van der Waals surface area (Å²) in [5.74, 6) is -2.94. The molecule has 0 spiro atoms. The van der Waals surface area contributed by atoms with E-state index in [0.717, 1.165) is 18.2 Å². The average Bonchev–Trinajstić information content (AvgIpc) is 2.87. The van der Waals surface area contributed by atoms with Crippen LogP contribution in [0.1, 0.15) is 26.2 Å². The van der Waals surface area contributed by atoms with Crippen molar-refractivity contribution in [3.8, 4) is 0 Å². The molecule has 1 heterocycles. The quantitative estimate of drug-likeness (QED) is 0.505. The van der Waals surface area contributed by atoms with Gasteiger partial charge in [-0.25, -0.2) is 4.79 Å². The Morgan fingerprint density at radius 2 is 2.10 bits per heavy atom. The number of rotatable bonds is 6. The summed E-state index contributed by atoms with van der Waals surface area (Å²) in [7, 11) is 0. The molecule has 0 bridgehead atoms. The summed E-state index contributed by atoms with van der Waals surface area (Å²) in [5.41, 5.74) is 5.05. The minimum absolute atomic E-state index is 0.0719. The molecule has 7 nitrogen and oxygen atoms in total. The second-order valence-electron chi connectivity index (χ2n) is 4.56. The number of amides is 1. The Morgan fingerprint density at radius 3 is 2.60 bits per heavy atom. The number of ether oxygens (including phenoxy) is 1. The molecule has 1 unspecified atom stereocenters. The maximum absolute atomic E-state index is 11.9. The van der Waals surface area contributed by atoms with Gasteiger partial charge in [-0.15, -0.1) is 0 Å². The number of nitrogens with two attached hydrogens (primary N) is 1. The number of hydrogen-bond donors (Lipinski definition) is 2. The summed E-state index contributed by atoms with van der Waals surface area (Å²) in [4.78, 5) is 45.4. The molecule has 0 saturated carbocycles. The van der Waals surface area contributed by atoms with Crippen LogP contribution < -0.4 is 11.1 Å². The second-order valence-corrected chi connectivity index (χ2v) is 5.76. The molecule has 1 amide bonds. The number of carbonyl (C=O) groups excluding carboxylic acids is 4. The first-order valence-corrected chi connectivity index (χ1v) is 7.29. The molecule has 112 valence electrons. The van der Waals surface area contributed by atoms with Crippen LogP contribution >= 0.6 is 11.8 Å². The monoisotopic (exact) mass is 302 g/mol. The lowest BCUT2D eigenvalue weighted by Gasteiger charge is -2.14. The van der Waals surface area contributed by atoms with Crippen LogP contribution in [-0.2, 0) is 23.9 Å². The number of nitrogens with one attached hydrogen (secondary N) is 1. The maximum Gasteiger partial charge on any atom is 0.330 e. The van der Waals surface area contributed by atoms with Gasteiger partial charge in [-0.3, -0.25) is 14.4 Å². The van der Waals surface area contributed by atoms with E-state index in [0.29, 0.717) is 13.0 Å². The van der Waals surface area contributed by atoms with E-state index in [1.54, 1.807) is 0 Å². The van der Waals surface area contributed by atoms with Gasteiger partial charge in [0, 0.05) is 19.1 Å². The Morgan fingerprint density at radius 1 is 1.40 bits per heavy atom. The molecule has 1 rings (SSSR count). The Balaban J connectivity index is 2.54. The Kier molecular flexibility index (Phi) is 6.66. The normalized spacial score (nSPS) is 19.4. The van der Waals surface area contributed by atoms with Crippen molar-refractivity contribution in [3.05, 3.63) is 0 Å². The zero-order valence-electron chi connectivity index (χ0n) is 11.2. The molecule has 0 aromatic rings. The summed E-state index contributed by atoms with van der Waals surface area (Å²) in [5, 5.41) is 2.73. The van der Waals surface area contributed by atoms with Gasteiger partial charge in [0.2, 0.25) is 5.91 Å². The predicted molar refractivity (Wildman–Crippen MR) is 72.6 cm³/mol. The molecule has 0 aromatic carbocycles. The summed E-state index contributed by atoms with van der Waals surface area (Å²) >= 11 is 0.895. The molecule has 1 aliphatic heterocycles. The molecule has 0 radical (unpaired) electrons. The molecular formula is C12H18N2O5S. The lowest BCUT2D eigenvalue weighted by molar-refractivity contribution is -0.164. The van der Waals surface area contributed by atoms with Crippen LogP contribution in [-0.4, -0.2) is 41.3 Å². The zero-order chi connectivity index (χ0) is 15.1. The SMILES string of the molecule is CC(=O)SCC(CC(N)=O)C(=O)OC(=O)[C@@H]1CCCN1. The van der Waals surface area contributed by atoms with E-state index in [4.69, 9.17) is 10.5 Å². The maximum atomic E-state index is 11.9. The van der Waals surface area contributed by atoms with Gasteiger partial charge in [0.1, 0.15) is 6.04 Å². The molecule has 0 aliphatic carbocycles. The van der Waals surface area contributed by atoms with Crippen molar-refractivity contribution >= 4 is 34.7 Å². The molecule has 1 saturated heterocycles. The van der Waals surface area contributed by atoms with Crippen LogP contribution in [0, 0.1) is 5.92 Å². The van der Waals surface area contributed by atoms with E-state index >= 15 is 0 Å². The predicted octanol–water partition coefficient (Wildman–Crippen LogP) is -0.420. The lowest BCUT2D eigenvalue weighted by Crippen LogP contribution is -2.36. The number of primary amides is 1. The van der Waals surface area contributed by atoms with Gasteiger partial charge in [0.25, 0.3) is 0 Å². The van der Waals surface area contributed by atoms with Crippen LogP contribution in [0.3, 0.4) is 0 Å². The minimum Gasteiger partial charge on any atom is -0.392 e. The largest absolute Gasteiger partial charge is 0.392 e. The van der Waals surface area contributed by atoms with Crippen LogP contribution in [0.25, 0.3) is 0 Å². The highest BCUT2D eigenvalue weighted by Crippen LogP contribution is 2.16. The number of carbonyl (C=O) groups is 4. The molecule has 3 N–H and O–H groups in total. The van der Waals surface area contributed by atoms with Crippen molar-refractivity contribution in [2.24, 2.45) is 11.7 Å². The van der Waals surface area contributed by atoms with E-state index in [1.807, 2.05) is 0 Å². The van der Waals surface area contributed by atoms with Crippen molar-refractivity contribution in [2.45, 2.75) is 32.2 Å². The summed E-state index contributed by atoms with van der Waals surface area (Å²) in [6.07, 6.45) is 1.22. The first-order valence-electron chi connectivity index (χ1n) is 6.30.